The van der Waals surface area contributed by atoms with Crippen molar-refractivity contribution in [3.8, 4) is 0 Å². The highest BCUT2D eigenvalue weighted by molar-refractivity contribution is 6.31. The molecule has 3 N–H and O–H groups in total. The SMILES string of the molecule is NCCCC(=O)NCC1CCN(Cc2ccccc2Cl)CC1. The summed E-state index contributed by atoms with van der Waals surface area (Å²) in [4.78, 5) is 14.0. The van der Waals surface area contributed by atoms with Crippen molar-refractivity contribution in [2.45, 2.75) is 32.2 Å². The summed E-state index contributed by atoms with van der Waals surface area (Å²) >= 11 is 6.22. The Hall–Kier alpha value is -1.10. The van der Waals surface area contributed by atoms with Gasteiger partial charge in [0.2, 0.25) is 5.91 Å². The average Bonchev–Trinajstić information content (AvgIpc) is 2.54. The summed E-state index contributed by atoms with van der Waals surface area (Å²) in [5.41, 5.74) is 6.60. The van der Waals surface area contributed by atoms with Crippen molar-refractivity contribution in [2.24, 2.45) is 11.7 Å². The number of nitrogens with one attached hydrogen (secondary N) is 1. The zero-order valence-electron chi connectivity index (χ0n) is 13.1. The molecule has 0 atom stereocenters. The van der Waals surface area contributed by atoms with E-state index < -0.39 is 0 Å². The second-order valence-corrected chi connectivity index (χ2v) is 6.41. The molecule has 1 amide bonds. The van der Waals surface area contributed by atoms with Crippen molar-refractivity contribution in [1.29, 1.82) is 0 Å². The van der Waals surface area contributed by atoms with Gasteiger partial charge >= 0.3 is 0 Å². The number of nitrogens with zero attached hydrogens (tertiary/aromatic N) is 1. The Morgan fingerprint density at radius 1 is 1.32 bits per heavy atom. The van der Waals surface area contributed by atoms with E-state index in [0.29, 0.717) is 18.9 Å². The van der Waals surface area contributed by atoms with Crippen LogP contribution in [0.25, 0.3) is 0 Å². The fourth-order valence-corrected chi connectivity index (χ4v) is 3.02. The van der Waals surface area contributed by atoms with Gasteiger partial charge in [-0.3, -0.25) is 9.69 Å². The maximum atomic E-state index is 11.6. The van der Waals surface area contributed by atoms with E-state index in [2.05, 4.69) is 16.3 Å². The molecule has 1 aromatic carbocycles. The third-order valence-electron chi connectivity index (χ3n) is 4.25. The highest BCUT2D eigenvalue weighted by atomic mass is 35.5. The number of hydrogen-bond donors (Lipinski definition) is 2. The lowest BCUT2D eigenvalue weighted by Crippen LogP contribution is -2.38. The molecule has 122 valence electrons. The summed E-state index contributed by atoms with van der Waals surface area (Å²) < 4.78 is 0. The van der Waals surface area contributed by atoms with Crippen LogP contribution in [-0.4, -0.2) is 37.0 Å². The molecule has 4 nitrogen and oxygen atoms in total. The topological polar surface area (TPSA) is 58.4 Å². The number of nitrogens with two attached hydrogens (primary N) is 1. The van der Waals surface area contributed by atoms with Crippen LogP contribution in [0.4, 0.5) is 0 Å². The third-order valence-corrected chi connectivity index (χ3v) is 4.62. The highest BCUT2D eigenvalue weighted by Crippen LogP contribution is 2.21. The van der Waals surface area contributed by atoms with Crippen molar-refractivity contribution in [1.82, 2.24) is 10.2 Å². The van der Waals surface area contributed by atoms with Gasteiger partial charge in [-0.2, -0.15) is 0 Å². The molecular formula is C17H26ClN3O. The molecule has 0 aromatic heterocycles. The minimum atomic E-state index is 0.129. The summed E-state index contributed by atoms with van der Waals surface area (Å²) in [5, 5.41) is 3.87. The van der Waals surface area contributed by atoms with Crippen molar-refractivity contribution in [2.75, 3.05) is 26.2 Å². The summed E-state index contributed by atoms with van der Waals surface area (Å²) in [6, 6.07) is 8.03. The quantitative estimate of drug-likeness (QED) is 0.810. The fourth-order valence-electron chi connectivity index (χ4n) is 2.83. The first-order valence-electron chi connectivity index (χ1n) is 8.11. The molecule has 2 rings (SSSR count). The van der Waals surface area contributed by atoms with E-state index in [1.165, 1.54) is 5.56 Å². The minimum Gasteiger partial charge on any atom is -0.356 e. The monoisotopic (exact) mass is 323 g/mol. The Bertz CT molecular complexity index is 473. The lowest BCUT2D eigenvalue weighted by Gasteiger charge is -2.32. The molecule has 0 unspecified atom stereocenters. The molecule has 1 saturated heterocycles. The number of rotatable bonds is 7. The van der Waals surface area contributed by atoms with Gasteiger partial charge in [-0.1, -0.05) is 29.8 Å². The summed E-state index contributed by atoms with van der Waals surface area (Å²) in [6.45, 7) is 4.41. The molecule has 0 spiro atoms. The number of likely N-dealkylation sites (tertiary alicyclic amines) is 1. The molecule has 1 heterocycles. The van der Waals surface area contributed by atoms with Gasteiger partial charge in [0.05, 0.1) is 0 Å². The largest absolute Gasteiger partial charge is 0.356 e. The van der Waals surface area contributed by atoms with Gasteiger partial charge in [0.25, 0.3) is 0 Å². The smallest absolute Gasteiger partial charge is 0.220 e. The Morgan fingerprint density at radius 3 is 2.73 bits per heavy atom. The van der Waals surface area contributed by atoms with Crippen molar-refractivity contribution in [3.63, 3.8) is 0 Å². The molecule has 1 aliphatic rings. The summed E-state index contributed by atoms with van der Waals surface area (Å²) in [5.74, 6) is 0.716. The molecular weight excluding hydrogens is 298 g/mol. The second kappa shape index (κ2) is 9.13. The molecule has 1 aromatic rings. The lowest BCUT2D eigenvalue weighted by atomic mass is 9.96. The van der Waals surface area contributed by atoms with E-state index in [1.54, 1.807) is 0 Å². The minimum absolute atomic E-state index is 0.129. The molecule has 1 fully saturated rings. The van der Waals surface area contributed by atoms with Gasteiger partial charge in [0, 0.05) is 24.5 Å². The van der Waals surface area contributed by atoms with Crippen LogP contribution in [0.5, 0.6) is 0 Å². The van der Waals surface area contributed by atoms with Gasteiger partial charge in [0.1, 0.15) is 0 Å². The van der Waals surface area contributed by atoms with Crippen LogP contribution in [-0.2, 0) is 11.3 Å². The molecule has 0 aliphatic carbocycles. The van der Waals surface area contributed by atoms with E-state index in [1.807, 2.05) is 18.2 Å². The van der Waals surface area contributed by atoms with Crippen LogP contribution >= 0.6 is 11.6 Å². The highest BCUT2D eigenvalue weighted by Gasteiger charge is 2.20. The van der Waals surface area contributed by atoms with Crippen LogP contribution in [0.1, 0.15) is 31.2 Å². The molecule has 5 heteroatoms. The maximum absolute atomic E-state index is 11.6. The molecule has 22 heavy (non-hydrogen) atoms. The van der Waals surface area contributed by atoms with Crippen LogP contribution in [0.3, 0.4) is 0 Å². The Labute approximate surface area is 138 Å². The summed E-state index contributed by atoms with van der Waals surface area (Å²) in [7, 11) is 0. The average molecular weight is 324 g/mol. The van der Waals surface area contributed by atoms with Gasteiger partial charge in [-0.15, -0.1) is 0 Å². The number of carbonyl (C=O) groups excluding carboxylic acids is 1. The predicted molar refractivity (Wildman–Crippen MR) is 90.8 cm³/mol. The Kier molecular flexibility index (Phi) is 7.16. The fraction of sp³-hybridized carbons (Fsp3) is 0.588. The zero-order chi connectivity index (χ0) is 15.8. The number of benzene rings is 1. The van der Waals surface area contributed by atoms with Crippen molar-refractivity contribution < 1.29 is 4.79 Å². The van der Waals surface area contributed by atoms with Gasteiger partial charge < -0.3 is 11.1 Å². The summed E-state index contributed by atoms with van der Waals surface area (Å²) in [6.07, 6.45) is 3.56. The van der Waals surface area contributed by atoms with Crippen molar-refractivity contribution >= 4 is 17.5 Å². The first-order chi connectivity index (χ1) is 10.7. The third kappa shape index (κ3) is 5.59. The molecule has 0 radical (unpaired) electrons. The number of halogens is 1. The molecule has 1 aliphatic heterocycles. The van der Waals surface area contributed by atoms with Crippen LogP contribution in [0.2, 0.25) is 5.02 Å². The van der Waals surface area contributed by atoms with E-state index in [9.17, 15) is 4.79 Å². The first kappa shape index (κ1) is 17.3. The Morgan fingerprint density at radius 2 is 2.05 bits per heavy atom. The van der Waals surface area contributed by atoms with E-state index in [4.69, 9.17) is 17.3 Å². The zero-order valence-corrected chi connectivity index (χ0v) is 13.8. The Balaban J connectivity index is 1.67. The second-order valence-electron chi connectivity index (χ2n) is 6.01. The van der Waals surface area contributed by atoms with Crippen LogP contribution < -0.4 is 11.1 Å². The van der Waals surface area contributed by atoms with E-state index in [0.717, 1.165) is 50.5 Å². The van der Waals surface area contributed by atoms with Gasteiger partial charge in [-0.05, 0) is 56.4 Å². The number of hydrogen-bond acceptors (Lipinski definition) is 3. The molecule has 0 saturated carbocycles. The van der Waals surface area contributed by atoms with Crippen LogP contribution in [0.15, 0.2) is 24.3 Å². The molecule has 0 bridgehead atoms. The van der Waals surface area contributed by atoms with Gasteiger partial charge in [0.15, 0.2) is 0 Å². The number of carbonyl (C=O) groups is 1. The van der Waals surface area contributed by atoms with Crippen LogP contribution in [0, 0.1) is 5.92 Å². The lowest BCUT2D eigenvalue weighted by molar-refractivity contribution is -0.121. The van der Waals surface area contributed by atoms with E-state index >= 15 is 0 Å². The standard InChI is InChI=1S/C17H26ClN3O/c18-16-5-2-1-4-15(16)13-21-10-7-14(8-11-21)12-20-17(22)6-3-9-19/h1-2,4-5,14H,3,6-13,19H2,(H,20,22). The number of amides is 1. The van der Waals surface area contributed by atoms with E-state index in [-0.39, 0.29) is 5.91 Å². The van der Waals surface area contributed by atoms with Gasteiger partial charge in [-0.25, -0.2) is 0 Å². The van der Waals surface area contributed by atoms with Crippen molar-refractivity contribution in [3.05, 3.63) is 34.9 Å². The predicted octanol–water partition coefficient (Wildman–Crippen LogP) is 2.41. The maximum Gasteiger partial charge on any atom is 0.220 e. The first-order valence-corrected chi connectivity index (χ1v) is 8.49. The normalized spacial score (nSPS) is 16.6. The number of piperidine rings is 1.